The highest BCUT2D eigenvalue weighted by molar-refractivity contribution is 6.03. The van der Waals surface area contributed by atoms with Crippen LogP contribution < -0.4 is 5.56 Å². The number of hydrogen-bond donors (Lipinski definition) is 0. The lowest BCUT2D eigenvalue weighted by Gasteiger charge is -2.10. The number of fused-ring (bicyclic) bond motifs is 3. The third-order valence-electron chi connectivity index (χ3n) is 3.78. The van der Waals surface area contributed by atoms with Gasteiger partial charge in [0.25, 0.3) is 5.56 Å². The van der Waals surface area contributed by atoms with Crippen molar-refractivity contribution in [3.8, 4) is 5.69 Å². The number of carbonyl (C=O) groups is 1. The Bertz CT molecular complexity index is 1110. The number of hydrogen-bond acceptors (Lipinski definition) is 4. The van der Waals surface area contributed by atoms with Gasteiger partial charge in [-0.2, -0.15) is 0 Å². The summed E-state index contributed by atoms with van der Waals surface area (Å²) >= 11 is 0. The number of pyridine rings is 2. The van der Waals surface area contributed by atoms with E-state index in [0.717, 1.165) is 5.39 Å². The van der Waals surface area contributed by atoms with Gasteiger partial charge in [-0.05, 0) is 24.3 Å². The van der Waals surface area contributed by atoms with Crippen molar-refractivity contribution in [1.29, 1.82) is 0 Å². The summed E-state index contributed by atoms with van der Waals surface area (Å²) in [5.74, 6) is -0.257. The van der Waals surface area contributed by atoms with E-state index in [2.05, 4.69) is 9.97 Å². The molecule has 0 unspecified atom stereocenters. The Hall–Kier alpha value is -3.28. The van der Waals surface area contributed by atoms with Crippen molar-refractivity contribution < 1.29 is 4.79 Å². The summed E-state index contributed by atoms with van der Waals surface area (Å²) in [5, 5.41) is 0.728. The number of aromatic nitrogens is 4. The Kier molecular flexibility index (Phi) is 2.84. The van der Waals surface area contributed by atoms with Crippen molar-refractivity contribution in [2.24, 2.45) is 0 Å². The second kappa shape index (κ2) is 4.88. The van der Waals surface area contributed by atoms with Crippen LogP contribution in [0, 0.1) is 0 Å². The van der Waals surface area contributed by atoms with E-state index >= 15 is 0 Å². The van der Waals surface area contributed by atoms with Crippen molar-refractivity contribution in [1.82, 2.24) is 19.1 Å². The van der Waals surface area contributed by atoms with Crippen LogP contribution >= 0.6 is 0 Å². The van der Waals surface area contributed by atoms with Gasteiger partial charge in [0.05, 0.1) is 5.69 Å². The Morgan fingerprint density at radius 2 is 1.83 bits per heavy atom. The molecule has 3 heterocycles. The largest absolute Gasteiger partial charge is 0.283 e. The van der Waals surface area contributed by atoms with E-state index in [0.29, 0.717) is 16.9 Å². The lowest BCUT2D eigenvalue weighted by molar-refractivity contribution is 0.0941. The van der Waals surface area contributed by atoms with Crippen molar-refractivity contribution in [3.63, 3.8) is 0 Å². The molecule has 112 valence electrons. The van der Waals surface area contributed by atoms with Gasteiger partial charge in [0.15, 0.2) is 0 Å². The SMILES string of the molecule is CC(=O)n1cnc2c3cccnc3n(-c3ccccc3)c(=O)c21. The maximum atomic E-state index is 13.0. The maximum absolute atomic E-state index is 13.0. The summed E-state index contributed by atoms with van der Waals surface area (Å²) in [4.78, 5) is 33.5. The molecule has 0 atom stereocenters. The first-order valence-corrected chi connectivity index (χ1v) is 7.11. The van der Waals surface area contributed by atoms with E-state index in [1.165, 1.54) is 22.4 Å². The molecule has 4 aromatic rings. The predicted molar refractivity (Wildman–Crippen MR) is 86.9 cm³/mol. The van der Waals surface area contributed by atoms with E-state index in [1.807, 2.05) is 36.4 Å². The zero-order valence-electron chi connectivity index (χ0n) is 12.3. The van der Waals surface area contributed by atoms with Gasteiger partial charge < -0.3 is 0 Å². The highest BCUT2D eigenvalue weighted by Gasteiger charge is 2.18. The van der Waals surface area contributed by atoms with Crippen molar-refractivity contribution >= 4 is 28.0 Å². The monoisotopic (exact) mass is 304 g/mol. The van der Waals surface area contributed by atoms with Gasteiger partial charge in [0.2, 0.25) is 5.91 Å². The summed E-state index contributed by atoms with van der Waals surface area (Å²) in [5.41, 5.74) is 1.65. The fraction of sp³-hybridized carbons (Fsp3) is 0.0588. The molecule has 0 bridgehead atoms. The molecule has 0 N–H and O–H groups in total. The molecule has 0 aliphatic carbocycles. The summed E-state index contributed by atoms with van der Waals surface area (Å²) in [6.45, 7) is 1.40. The van der Waals surface area contributed by atoms with Gasteiger partial charge in [-0.15, -0.1) is 0 Å². The smallest absolute Gasteiger partial charge is 0.274 e. The van der Waals surface area contributed by atoms with Crippen molar-refractivity contribution in [3.05, 3.63) is 65.3 Å². The predicted octanol–water partition coefficient (Wildman–Crippen LogP) is 2.40. The zero-order valence-corrected chi connectivity index (χ0v) is 12.3. The van der Waals surface area contributed by atoms with Crippen LogP contribution in [-0.4, -0.2) is 25.0 Å². The van der Waals surface area contributed by atoms with Gasteiger partial charge in [0, 0.05) is 18.5 Å². The van der Waals surface area contributed by atoms with Crippen LogP contribution in [0.15, 0.2) is 59.8 Å². The van der Waals surface area contributed by atoms with Gasteiger partial charge in [-0.3, -0.25) is 18.7 Å². The van der Waals surface area contributed by atoms with Crippen LogP contribution in [0.5, 0.6) is 0 Å². The maximum Gasteiger partial charge on any atom is 0.283 e. The summed E-state index contributed by atoms with van der Waals surface area (Å²) in [7, 11) is 0. The Morgan fingerprint density at radius 3 is 2.57 bits per heavy atom. The van der Waals surface area contributed by atoms with Gasteiger partial charge in [-0.1, -0.05) is 18.2 Å². The Labute approximate surface area is 130 Å². The highest BCUT2D eigenvalue weighted by atomic mass is 16.2. The molecule has 3 aromatic heterocycles. The van der Waals surface area contributed by atoms with Crippen LogP contribution in [0.2, 0.25) is 0 Å². The molecule has 0 fully saturated rings. The molecular formula is C17H12N4O2. The molecule has 6 nitrogen and oxygen atoms in total. The number of benzene rings is 1. The highest BCUT2D eigenvalue weighted by Crippen LogP contribution is 2.22. The van der Waals surface area contributed by atoms with Gasteiger partial charge in [-0.25, -0.2) is 9.97 Å². The van der Waals surface area contributed by atoms with E-state index in [-0.39, 0.29) is 17.0 Å². The zero-order chi connectivity index (χ0) is 16.0. The Balaban J connectivity index is 2.28. The molecule has 0 aliphatic rings. The molecule has 6 heteroatoms. The third kappa shape index (κ3) is 1.88. The summed E-state index contributed by atoms with van der Waals surface area (Å²) in [6, 6.07) is 12.9. The topological polar surface area (TPSA) is 69.8 Å². The average Bonchev–Trinajstić information content (AvgIpc) is 3.02. The molecule has 0 radical (unpaired) electrons. The number of imidazole rings is 1. The molecule has 4 rings (SSSR count). The van der Waals surface area contributed by atoms with E-state index in [1.54, 1.807) is 12.3 Å². The summed E-state index contributed by atoms with van der Waals surface area (Å²) in [6.07, 6.45) is 3.02. The first-order valence-electron chi connectivity index (χ1n) is 7.11. The average molecular weight is 304 g/mol. The quantitative estimate of drug-likeness (QED) is 0.541. The minimum atomic E-state index is -0.315. The molecule has 23 heavy (non-hydrogen) atoms. The van der Waals surface area contributed by atoms with Crippen LogP contribution in [0.4, 0.5) is 0 Å². The van der Waals surface area contributed by atoms with Gasteiger partial charge >= 0.3 is 0 Å². The van der Waals surface area contributed by atoms with E-state index in [9.17, 15) is 9.59 Å². The van der Waals surface area contributed by atoms with Crippen LogP contribution in [0.3, 0.4) is 0 Å². The molecule has 0 spiro atoms. The van der Waals surface area contributed by atoms with E-state index in [4.69, 9.17) is 0 Å². The van der Waals surface area contributed by atoms with Crippen LogP contribution in [-0.2, 0) is 0 Å². The fourth-order valence-corrected chi connectivity index (χ4v) is 2.77. The van der Waals surface area contributed by atoms with Crippen LogP contribution in [0.25, 0.3) is 27.8 Å². The number of rotatable bonds is 1. The molecule has 1 aromatic carbocycles. The first kappa shape index (κ1) is 13.4. The lowest BCUT2D eigenvalue weighted by atomic mass is 10.2. The second-order valence-electron chi connectivity index (χ2n) is 5.18. The minimum Gasteiger partial charge on any atom is -0.274 e. The normalized spacial score (nSPS) is 11.2. The Morgan fingerprint density at radius 1 is 1.04 bits per heavy atom. The minimum absolute atomic E-state index is 0.257. The first-order chi connectivity index (χ1) is 11.2. The second-order valence-corrected chi connectivity index (χ2v) is 5.18. The molecular weight excluding hydrogens is 292 g/mol. The fourth-order valence-electron chi connectivity index (χ4n) is 2.77. The van der Waals surface area contributed by atoms with E-state index < -0.39 is 0 Å². The molecule has 0 saturated carbocycles. The van der Waals surface area contributed by atoms with Crippen molar-refractivity contribution in [2.75, 3.05) is 0 Å². The molecule has 0 saturated heterocycles. The summed E-state index contributed by atoms with van der Waals surface area (Å²) < 4.78 is 2.79. The standard InChI is InChI=1S/C17H12N4O2/c1-11(22)20-10-19-14-13-8-5-9-18-16(13)21(17(23)15(14)20)12-6-3-2-4-7-12/h2-10H,1H3. The number of para-hydroxylation sites is 1. The van der Waals surface area contributed by atoms with Crippen LogP contribution in [0.1, 0.15) is 11.7 Å². The number of carbonyl (C=O) groups excluding carboxylic acids is 1. The number of nitrogens with zero attached hydrogens (tertiary/aromatic N) is 4. The van der Waals surface area contributed by atoms with Crippen molar-refractivity contribution in [2.45, 2.75) is 6.92 Å². The molecule has 0 aliphatic heterocycles. The molecule has 0 amide bonds. The lowest BCUT2D eigenvalue weighted by Crippen LogP contribution is -2.23. The third-order valence-corrected chi connectivity index (χ3v) is 3.78. The van der Waals surface area contributed by atoms with Gasteiger partial charge in [0.1, 0.15) is 23.0 Å².